The van der Waals surface area contributed by atoms with Crippen LogP contribution in [0.15, 0.2) is 0 Å². The molecule has 3 atom stereocenters. The molecular weight excluding hydrogens is 206 g/mol. The molecule has 0 aromatic heterocycles. The molecule has 5 heteroatoms. The molecule has 0 unspecified atom stereocenters. The van der Waals surface area contributed by atoms with Crippen LogP contribution >= 0.6 is 0 Å². The van der Waals surface area contributed by atoms with Crippen LogP contribution < -0.4 is 16.4 Å². The summed E-state index contributed by atoms with van der Waals surface area (Å²) in [6, 6.07) is -0.809. The Bertz CT molecular complexity index is 268. The van der Waals surface area contributed by atoms with Gasteiger partial charge in [0.1, 0.15) is 0 Å². The first kappa shape index (κ1) is 13.0. The Morgan fingerprint density at radius 2 is 1.94 bits per heavy atom. The number of carbonyl (C=O) groups is 2. The molecule has 0 radical (unpaired) electrons. The summed E-state index contributed by atoms with van der Waals surface area (Å²) in [5.74, 6) is 0.225. The van der Waals surface area contributed by atoms with E-state index in [2.05, 4.69) is 17.6 Å². The number of primary amides is 1. The summed E-state index contributed by atoms with van der Waals surface area (Å²) in [5.41, 5.74) is 4.89. The lowest BCUT2D eigenvalue weighted by molar-refractivity contribution is -0.121. The number of urea groups is 1. The first-order valence-electron chi connectivity index (χ1n) is 5.87. The largest absolute Gasteiger partial charge is 0.351 e. The highest BCUT2D eigenvalue weighted by Gasteiger charge is 2.25. The molecule has 4 N–H and O–H groups in total. The molecule has 0 bridgehead atoms. The fourth-order valence-corrected chi connectivity index (χ4v) is 2.19. The zero-order valence-electron chi connectivity index (χ0n) is 9.95. The summed E-state index contributed by atoms with van der Waals surface area (Å²) in [7, 11) is 0. The van der Waals surface area contributed by atoms with Crippen LogP contribution in [0.2, 0.25) is 0 Å². The number of nitrogens with one attached hydrogen (secondary N) is 2. The molecule has 1 fully saturated rings. The lowest BCUT2D eigenvalue weighted by Crippen LogP contribution is -2.51. The van der Waals surface area contributed by atoms with Gasteiger partial charge in [-0.3, -0.25) is 10.1 Å². The van der Waals surface area contributed by atoms with Crippen LogP contribution in [-0.2, 0) is 4.79 Å². The molecule has 1 saturated carbocycles. The third kappa shape index (κ3) is 3.81. The fourth-order valence-electron chi connectivity index (χ4n) is 2.19. The molecule has 0 aromatic carbocycles. The Morgan fingerprint density at radius 3 is 2.50 bits per heavy atom. The second-order valence-corrected chi connectivity index (χ2v) is 4.61. The average Bonchev–Trinajstić information content (AvgIpc) is 2.20. The van der Waals surface area contributed by atoms with Gasteiger partial charge in [-0.15, -0.1) is 0 Å². The normalized spacial score (nSPS) is 27.1. The van der Waals surface area contributed by atoms with Gasteiger partial charge in [0.15, 0.2) is 0 Å². The van der Waals surface area contributed by atoms with Gasteiger partial charge in [0.2, 0.25) is 5.91 Å². The molecule has 5 nitrogen and oxygen atoms in total. The van der Waals surface area contributed by atoms with E-state index in [0.717, 1.165) is 6.42 Å². The molecule has 92 valence electrons. The summed E-state index contributed by atoms with van der Waals surface area (Å²) in [4.78, 5) is 22.0. The van der Waals surface area contributed by atoms with Crippen LogP contribution in [0, 0.1) is 5.92 Å². The first-order valence-corrected chi connectivity index (χ1v) is 5.87. The Morgan fingerprint density at radius 1 is 1.31 bits per heavy atom. The van der Waals surface area contributed by atoms with E-state index >= 15 is 0 Å². The lowest BCUT2D eigenvalue weighted by atomic mass is 9.85. The topological polar surface area (TPSA) is 84.2 Å². The average molecular weight is 227 g/mol. The monoisotopic (exact) mass is 227 g/mol. The van der Waals surface area contributed by atoms with Gasteiger partial charge in [0, 0.05) is 6.04 Å². The minimum atomic E-state index is -0.796. The van der Waals surface area contributed by atoms with Crippen molar-refractivity contribution < 1.29 is 9.59 Å². The third-order valence-corrected chi connectivity index (χ3v) is 3.22. The SMILES string of the molecule is C[C@H](N[C@H]1CCCC[C@H]1C)C(=O)NC(N)=O. The molecule has 1 aliphatic rings. The number of nitrogens with two attached hydrogens (primary N) is 1. The van der Waals surface area contributed by atoms with Crippen molar-refractivity contribution in [1.29, 1.82) is 0 Å². The van der Waals surface area contributed by atoms with Gasteiger partial charge in [-0.2, -0.15) is 0 Å². The van der Waals surface area contributed by atoms with E-state index in [-0.39, 0.29) is 11.9 Å². The molecule has 0 heterocycles. The molecule has 3 amide bonds. The van der Waals surface area contributed by atoms with Crippen LogP contribution in [0.25, 0.3) is 0 Å². The van der Waals surface area contributed by atoms with Crippen LogP contribution in [-0.4, -0.2) is 24.0 Å². The summed E-state index contributed by atoms with van der Waals surface area (Å²) in [6.07, 6.45) is 4.75. The number of imide groups is 1. The highest BCUT2D eigenvalue weighted by molar-refractivity contribution is 5.96. The van der Waals surface area contributed by atoms with Crippen molar-refractivity contribution in [3.05, 3.63) is 0 Å². The number of carbonyl (C=O) groups excluding carboxylic acids is 2. The highest BCUT2D eigenvalue weighted by atomic mass is 16.2. The molecule has 0 aliphatic heterocycles. The number of hydrogen-bond acceptors (Lipinski definition) is 3. The molecule has 0 aromatic rings. The van der Waals surface area contributed by atoms with E-state index in [9.17, 15) is 9.59 Å². The Kier molecular flexibility index (Phi) is 4.73. The standard InChI is InChI=1S/C11H21N3O2/c1-7-5-3-4-6-9(7)13-8(2)10(15)14-11(12)16/h7-9,13H,3-6H2,1-2H3,(H3,12,14,15,16)/t7-,8+,9+/m1/s1. The molecule has 0 saturated heterocycles. The third-order valence-electron chi connectivity index (χ3n) is 3.22. The number of hydrogen-bond donors (Lipinski definition) is 3. The zero-order chi connectivity index (χ0) is 12.1. The molecule has 16 heavy (non-hydrogen) atoms. The highest BCUT2D eigenvalue weighted by Crippen LogP contribution is 2.23. The summed E-state index contributed by atoms with van der Waals surface area (Å²) in [6.45, 7) is 3.94. The molecular formula is C11H21N3O2. The van der Waals surface area contributed by atoms with Crippen LogP contribution in [0.3, 0.4) is 0 Å². The number of amides is 3. The maximum Gasteiger partial charge on any atom is 0.318 e. The maximum atomic E-state index is 11.5. The first-order chi connectivity index (χ1) is 7.50. The van der Waals surface area contributed by atoms with Gasteiger partial charge in [-0.1, -0.05) is 19.8 Å². The van der Waals surface area contributed by atoms with Crippen molar-refractivity contribution >= 4 is 11.9 Å². The van der Waals surface area contributed by atoms with Crippen molar-refractivity contribution in [2.45, 2.75) is 51.6 Å². The van der Waals surface area contributed by atoms with Crippen LogP contribution in [0.1, 0.15) is 39.5 Å². The van der Waals surface area contributed by atoms with E-state index in [0.29, 0.717) is 12.0 Å². The van der Waals surface area contributed by atoms with Crippen molar-refractivity contribution in [2.75, 3.05) is 0 Å². The minimum Gasteiger partial charge on any atom is -0.351 e. The Balaban J connectivity index is 2.40. The van der Waals surface area contributed by atoms with Crippen molar-refractivity contribution in [2.24, 2.45) is 11.7 Å². The lowest BCUT2D eigenvalue weighted by Gasteiger charge is -2.31. The summed E-state index contributed by atoms with van der Waals surface area (Å²) < 4.78 is 0. The van der Waals surface area contributed by atoms with Crippen molar-refractivity contribution in [3.8, 4) is 0 Å². The summed E-state index contributed by atoms with van der Waals surface area (Å²) in [5, 5.41) is 5.34. The smallest absolute Gasteiger partial charge is 0.318 e. The van der Waals surface area contributed by atoms with E-state index in [1.807, 2.05) is 0 Å². The zero-order valence-corrected chi connectivity index (χ0v) is 9.95. The summed E-state index contributed by atoms with van der Waals surface area (Å²) >= 11 is 0. The molecule has 1 rings (SSSR count). The predicted octanol–water partition coefficient (Wildman–Crippen LogP) is 0.738. The van der Waals surface area contributed by atoms with E-state index in [4.69, 9.17) is 5.73 Å². The Hall–Kier alpha value is -1.10. The van der Waals surface area contributed by atoms with Crippen molar-refractivity contribution in [3.63, 3.8) is 0 Å². The van der Waals surface area contributed by atoms with Gasteiger partial charge in [-0.25, -0.2) is 4.79 Å². The van der Waals surface area contributed by atoms with Gasteiger partial charge >= 0.3 is 6.03 Å². The van der Waals surface area contributed by atoms with E-state index in [1.54, 1.807) is 6.92 Å². The van der Waals surface area contributed by atoms with Crippen LogP contribution in [0.5, 0.6) is 0 Å². The number of rotatable bonds is 3. The molecule has 0 spiro atoms. The quantitative estimate of drug-likeness (QED) is 0.664. The minimum absolute atomic E-state index is 0.356. The van der Waals surface area contributed by atoms with Gasteiger partial charge in [0.05, 0.1) is 6.04 Å². The van der Waals surface area contributed by atoms with Gasteiger partial charge in [-0.05, 0) is 25.7 Å². The Labute approximate surface area is 96.1 Å². The second-order valence-electron chi connectivity index (χ2n) is 4.61. The second kappa shape index (κ2) is 5.84. The predicted molar refractivity (Wildman–Crippen MR) is 61.7 cm³/mol. The van der Waals surface area contributed by atoms with Crippen molar-refractivity contribution in [1.82, 2.24) is 10.6 Å². The fraction of sp³-hybridized carbons (Fsp3) is 0.818. The molecule has 1 aliphatic carbocycles. The van der Waals surface area contributed by atoms with E-state index < -0.39 is 6.03 Å². The van der Waals surface area contributed by atoms with Gasteiger partial charge in [0.25, 0.3) is 0 Å². The van der Waals surface area contributed by atoms with Gasteiger partial charge < -0.3 is 11.1 Å². The van der Waals surface area contributed by atoms with E-state index in [1.165, 1.54) is 19.3 Å². The maximum absolute atomic E-state index is 11.5. The van der Waals surface area contributed by atoms with Crippen LogP contribution in [0.4, 0.5) is 4.79 Å².